The molecular formula is C9H14F3NO. The molecule has 0 saturated carbocycles. The van der Waals surface area contributed by atoms with Crippen molar-refractivity contribution in [2.24, 2.45) is 0 Å². The molecule has 0 aromatic heterocycles. The summed E-state index contributed by atoms with van der Waals surface area (Å²) in [5.41, 5.74) is 0. The third kappa shape index (κ3) is 3.29. The van der Waals surface area contributed by atoms with Crippen LogP contribution in [0.2, 0.25) is 0 Å². The van der Waals surface area contributed by atoms with E-state index in [1.54, 1.807) is 0 Å². The summed E-state index contributed by atoms with van der Waals surface area (Å²) in [6, 6.07) is -0.523. The highest BCUT2D eigenvalue weighted by Crippen LogP contribution is 2.23. The number of alkyl halides is 3. The van der Waals surface area contributed by atoms with Crippen LogP contribution >= 0.6 is 0 Å². The number of hydrogen-bond donors (Lipinski definition) is 0. The van der Waals surface area contributed by atoms with Crippen LogP contribution in [0.1, 0.15) is 26.2 Å². The molecule has 1 atom stereocenters. The lowest BCUT2D eigenvalue weighted by Crippen LogP contribution is -2.47. The second kappa shape index (κ2) is 4.29. The number of carbonyl (C=O) groups is 1. The summed E-state index contributed by atoms with van der Waals surface area (Å²) in [5, 5.41) is 0. The number of piperidine rings is 1. The maximum Gasteiger partial charge on any atom is 0.401 e. The second-order valence-electron chi connectivity index (χ2n) is 3.71. The fourth-order valence-electron chi connectivity index (χ4n) is 1.87. The molecule has 0 unspecified atom stereocenters. The van der Waals surface area contributed by atoms with Crippen molar-refractivity contribution in [1.82, 2.24) is 4.90 Å². The first-order valence-corrected chi connectivity index (χ1v) is 4.71. The molecule has 0 aromatic carbocycles. The van der Waals surface area contributed by atoms with Crippen LogP contribution in [-0.2, 0) is 4.79 Å². The Morgan fingerprint density at radius 1 is 1.43 bits per heavy atom. The smallest absolute Gasteiger partial charge is 0.298 e. The highest BCUT2D eigenvalue weighted by atomic mass is 19.4. The summed E-state index contributed by atoms with van der Waals surface area (Å²) in [6.45, 7) is 0.778. The quantitative estimate of drug-likeness (QED) is 0.693. The Morgan fingerprint density at radius 2 is 2.07 bits per heavy atom. The molecule has 1 fully saturated rings. The van der Waals surface area contributed by atoms with Gasteiger partial charge in [0.05, 0.1) is 12.6 Å². The molecule has 0 spiro atoms. The van der Waals surface area contributed by atoms with E-state index >= 15 is 0 Å². The lowest BCUT2D eigenvalue weighted by atomic mass is 9.99. The molecule has 0 bridgehead atoms. The van der Waals surface area contributed by atoms with Crippen LogP contribution in [0.25, 0.3) is 0 Å². The maximum absolute atomic E-state index is 12.1. The predicted molar refractivity (Wildman–Crippen MR) is 45.9 cm³/mol. The summed E-state index contributed by atoms with van der Waals surface area (Å²) < 4.78 is 36.4. The third-order valence-corrected chi connectivity index (χ3v) is 2.47. The van der Waals surface area contributed by atoms with Crippen molar-refractivity contribution in [3.05, 3.63) is 0 Å². The zero-order valence-electron chi connectivity index (χ0n) is 8.10. The van der Waals surface area contributed by atoms with Gasteiger partial charge in [0, 0.05) is 0 Å². The molecule has 1 aliphatic rings. The number of Topliss-reactive ketones (excluding diaryl/α,β-unsaturated/α-hetero) is 1. The largest absolute Gasteiger partial charge is 0.401 e. The number of nitrogens with zero attached hydrogens (tertiary/aromatic N) is 1. The Labute approximate surface area is 81.1 Å². The van der Waals surface area contributed by atoms with Crippen LogP contribution < -0.4 is 0 Å². The third-order valence-electron chi connectivity index (χ3n) is 2.47. The molecule has 1 rings (SSSR count). The maximum atomic E-state index is 12.1. The minimum Gasteiger partial charge on any atom is -0.298 e. The van der Waals surface area contributed by atoms with E-state index in [0.717, 1.165) is 12.8 Å². The standard InChI is InChI=1S/C9H14F3NO/c1-7(14)8-4-2-3-5-13(8)6-9(10,11)12/h8H,2-6H2,1H3/t8-/m0/s1. The van der Waals surface area contributed by atoms with Gasteiger partial charge >= 0.3 is 6.18 Å². The van der Waals surface area contributed by atoms with Crippen LogP contribution in [0, 0.1) is 0 Å². The lowest BCUT2D eigenvalue weighted by Gasteiger charge is -2.34. The van der Waals surface area contributed by atoms with Crippen molar-refractivity contribution in [2.45, 2.75) is 38.4 Å². The van der Waals surface area contributed by atoms with Gasteiger partial charge in [-0.2, -0.15) is 13.2 Å². The van der Waals surface area contributed by atoms with E-state index in [2.05, 4.69) is 0 Å². The summed E-state index contributed by atoms with van der Waals surface area (Å²) in [4.78, 5) is 12.3. The summed E-state index contributed by atoms with van der Waals surface area (Å²) >= 11 is 0. The molecule has 0 aromatic rings. The fourth-order valence-corrected chi connectivity index (χ4v) is 1.87. The second-order valence-corrected chi connectivity index (χ2v) is 3.71. The Bertz CT molecular complexity index is 215. The number of hydrogen-bond acceptors (Lipinski definition) is 2. The van der Waals surface area contributed by atoms with Gasteiger partial charge in [-0.05, 0) is 26.3 Å². The molecule has 1 heterocycles. The van der Waals surface area contributed by atoms with Gasteiger partial charge in [-0.15, -0.1) is 0 Å². The van der Waals surface area contributed by atoms with Gasteiger partial charge in [0.15, 0.2) is 0 Å². The topological polar surface area (TPSA) is 20.3 Å². The number of likely N-dealkylation sites (tertiary alicyclic amines) is 1. The highest BCUT2D eigenvalue weighted by Gasteiger charge is 2.36. The first-order chi connectivity index (χ1) is 6.40. The van der Waals surface area contributed by atoms with Gasteiger partial charge in [-0.1, -0.05) is 6.42 Å². The zero-order valence-corrected chi connectivity index (χ0v) is 8.10. The fraction of sp³-hybridized carbons (Fsp3) is 0.889. The van der Waals surface area contributed by atoms with Crippen molar-refractivity contribution in [2.75, 3.05) is 13.1 Å². The number of rotatable bonds is 2. The van der Waals surface area contributed by atoms with Crippen LogP contribution in [0.15, 0.2) is 0 Å². The molecule has 14 heavy (non-hydrogen) atoms. The van der Waals surface area contributed by atoms with Crippen LogP contribution in [0.4, 0.5) is 13.2 Å². The first-order valence-electron chi connectivity index (χ1n) is 4.71. The summed E-state index contributed by atoms with van der Waals surface area (Å²) in [7, 11) is 0. The van der Waals surface area contributed by atoms with E-state index in [-0.39, 0.29) is 5.78 Å². The summed E-state index contributed by atoms with van der Waals surface area (Å²) in [6.07, 6.45) is -2.05. The van der Waals surface area contributed by atoms with Gasteiger partial charge in [-0.3, -0.25) is 9.69 Å². The van der Waals surface area contributed by atoms with Gasteiger partial charge < -0.3 is 0 Å². The number of halogens is 3. The van der Waals surface area contributed by atoms with E-state index in [0.29, 0.717) is 13.0 Å². The molecule has 2 nitrogen and oxygen atoms in total. The minimum atomic E-state index is -4.20. The Balaban J connectivity index is 2.59. The van der Waals surface area contributed by atoms with Gasteiger partial charge in [0.2, 0.25) is 0 Å². The average molecular weight is 209 g/mol. The van der Waals surface area contributed by atoms with E-state index in [4.69, 9.17) is 0 Å². The van der Waals surface area contributed by atoms with Crippen LogP contribution in [-0.4, -0.2) is 36.0 Å². The van der Waals surface area contributed by atoms with Crippen molar-refractivity contribution < 1.29 is 18.0 Å². The zero-order chi connectivity index (χ0) is 10.8. The van der Waals surface area contributed by atoms with E-state index in [9.17, 15) is 18.0 Å². The Hall–Kier alpha value is -0.580. The van der Waals surface area contributed by atoms with E-state index < -0.39 is 18.8 Å². The van der Waals surface area contributed by atoms with Crippen molar-refractivity contribution >= 4 is 5.78 Å². The van der Waals surface area contributed by atoms with Crippen LogP contribution in [0.3, 0.4) is 0 Å². The normalized spacial score (nSPS) is 25.0. The monoisotopic (exact) mass is 209 g/mol. The Morgan fingerprint density at radius 3 is 2.57 bits per heavy atom. The van der Waals surface area contributed by atoms with E-state index in [1.807, 2.05) is 0 Å². The molecule has 0 N–H and O–H groups in total. The SMILES string of the molecule is CC(=O)[C@@H]1CCCCN1CC(F)(F)F. The van der Waals surface area contributed by atoms with Crippen molar-refractivity contribution in [3.8, 4) is 0 Å². The molecule has 0 aliphatic carbocycles. The van der Waals surface area contributed by atoms with Crippen molar-refractivity contribution in [1.29, 1.82) is 0 Å². The molecule has 5 heteroatoms. The molecule has 0 amide bonds. The van der Waals surface area contributed by atoms with Gasteiger partial charge in [-0.25, -0.2) is 0 Å². The highest BCUT2D eigenvalue weighted by molar-refractivity contribution is 5.81. The Kier molecular flexibility index (Phi) is 3.53. The lowest BCUT2D eigenvalue weighted by molar-refractivity contribution is -0.156. The minimum absolute atomic E-state index is 0.158. The molecule has 82 valence electrons. The van der Waals surface area contributed by atoms with Gasteiger partial charge in [0.1, 0.15) is 5.78 Å². The van der Waals surface area contributed by atoms with E-state index in [1.165, 1.54) is 11.8 Å². The average Bonchev–Trinajstić information content (AvgIpc) is 2.01. The molecule has 1 saturated heterocycles. The molecule has 0 radical (unpaired) electrons. The predicted octanol–water partition coefficient (Wildman–Crippen LogP) is 1.99. The number of carbonyl (C=O) groups excluding carboxylic acids is 1. The molecule has 1 aliphatic heterocycles. The molecular weight excluding hydrogens is 195 g/mol. The summed E-state index contributed by atoms with van der Waals surface area (Å²) in [5.74, 6) is -0.158. The van der Waals surface area contributed by atoms with Crippen molar-refractivity contribution in [3.63, 3.8) is 0 Å². The van der Waals surface area contributed by atoms with Crippen LogP contribution in [0.5, 0.6) is 0 Å². The first kappa shape index (κ1) is 11.5. The number of ketones is 1. The van der Waals surface area contributed by atoms with Gasteiger partial charge in [0.25, 0.3) is 0 Å².